The van der Waals surface area contributed by atoms with Gasteiger partial charge in [-0.2, -0.15) is 5.26 Å². The molecule has 0 aliphatic rings. The number of hydrogen-bond acceptors (Lipinski definition) is 6. The van der Waals surface area contributed by atoms with Gasteiger partial charge in [0.05, 0.1) is 12.0 Å². The summed E-state index contributed by atoms with van der Waals surface area (Å²) in [5.41, 5.74) is 0.400. The molecule has 5 nitrogen and oxygen atoms in total. The van der Waals surface area contributed by atoms with Crippen LogP contribution in [0.25, 0.3) is 0 Å². The Hall–Kier alpha value is -2.17. The molecule has 0 bridgehead atoms. The van der Waals surface area contributed by atoms with Gasteiger partial charge in [-0.15, -0.1) is 22.7 Å². The second-order valence-electron chi connectivity index (χ2n) is 4.06. The molecule has 0 aliphatic heterocycles. The number of aryl methyl sites for hydroxylation is 1. The minimum Gasteiger partial charge on any atom is -0.456 e. The van der Waals surface area contributed by atoms with Gasteiger partial charge < -0.3 is 10.1 Å². The van der Waals surface area contributed by atoms with E-state index in [0.717, 1.165) is 4.88 Å². The van der Waals surface area contributed by atoms with E-state index in [1.807, 2.05) is 23.6 Å². The zero-order valence-corrected chi connectivity index (χ0v) is 12.6. The number of nitrogens with one attached hydrogen (secondary N) is 1. The van der Waals surface area contributed by atoms with E-state index in [0.29, 0.717) is 17.0 Å². The molecule has 0 spiro atoms. The Balaban J connectivity index is 1.71. The van der Waals surface area contributed by atoms with Crippen molar-refractivity contribution in [3.05, 3.63) is 39.4 Å². The molecule has 2 aromatic rings. The highest BCUT2D eigenvalue weighted by atomic mass is 32.1. The van der Waals surface area contributed by atoms with Crippen LogP contribution >= 0.6 is 22.7 Å². The molecule has 7 heteroatoms. The van der Waals surface area contributed by atoms with Crippen molar-refractivity contribution in [1.82, 2.24) is 0 Å². The van der Waals surface area contributed by atoms with Crippen LogP contribution in [-0.2, 0) is 20.7 Å². The second-order valence-corrected chi connectivity index (χ2v) is 6.01. The van der Waals surface area contributed by atoms with Crippen molar-refractivity contribution in [3.63, 3.8) is 0 Å². The van der Waals surface area contributed by atoms with Gasteiger partial charge in [0.2, 0.25) is 0 Å². The normalized spacial score (nSPS) is 9.86. The third-order valence-electron chi connectivity index (χ3n) is 2.56. The summed E-state index contributed by atoms with van der Waals surface area (Å²) in [5.74, 6) is -0.858. The molecule has 2 rings (SSSR count). The molecule has 0 aliphatic carbocycles. The molecule has 21 heavy (non-hydrogen) atoms. The van der Waals surface area contributed by atoms with Gasteiger partial charge >= 0.3 is 5.97 Å². The molecule has 108 valence electrons. The molecule has 0 fully saturated rings. The number of hydrogen-bond donors (Lipinski definition) is 1. The van der Waals surface area contributed by atoms with E-state index in [4.69, 9.17) is 10.00 Å². The first kappa shape index (κ1) is 15.2. The average molecular weight is 320 g/mol. The summed E-state index contributed by atoms with van der Waals surface area (Å²) in [6.07, 6.45) is 0.859. The number of carbonyl (C=O) groups is 2. The Kier molecular flexibility index (Phi) is 5.49. The fourth-order valence-electron chi connectivity index (χ4n) is 1.56. The van der Waals surface area contributed by atoms with Crippen molar-refractivity contribution in [3.8, 4) is 6.07 Å². The number of carbonyl (C=O) groups excluding carboxylic acids is 2. The van der Waals surface area contributed by atoms with Crippen molar-refractivity contribution in [2.24, 2.45) is 0 Å². The molecule has 0 aromatic carbocycles. The Morgan fingerprint density at radius 3 is 2.86 bits per heavy atom. The molecular formula is C14H12N2O3S2. The second kappa shape index (κ2) is 7.57. The Morgan fingerprint density at radius 1 is 1.29 bits per heavy atom. The monoisotopic (exact) mass is 320 g/mol. The quantitative estimate of drug-likeness (QED) is 0.830. The van der Waals surface area contributed by atoms with Crippen molar-refractivity contribution in [2.75, 3.05) is 11.9 Å². The van der Waals surface area contributed by atoms with Crippen LogP contribution in [0.1, 0.15) is 16.9 Å². The zero-order chi connectivity index (χ0) is 15.1. The number of ether oxygens (including phenoxy) is 1. The van der Waals surface area contributed by atoms with E-state index in [1.165, 1.54) is 11.3 Å². The minimum atomic E-state index is -0.446. The summed E-state index contributed by atoms with van der Waals surface area (Å²) < 4.78 is 4.90. The van der Waals surface area contributed by atoms with Crippen LogP contribution in [0.4, 0.5) is 5.00 Å². The van der Waals surface area contributed by atoms with E-state index in [2.05, 4.69) is 5.32 Å². The summed E-state index contributed by atoms with van der Waals surface area (Å²) >= 11 is 2.83. The fraction of sp³-hybridized carbons (Fsp3) is 0.214. The first-order chi connectivity index (χ1) is 10.2. The lowest BCUT2D eigenvalue weighted by molar-refractivity contribution is -0.147. The number of thiophene rings is 2. The van der Waals surface area contributed by atoms with Gasteiger partial charge in [-0.25, -0.2) is 0 Å². The van der Waals surface area contributed by atoms with E-state index in [1.54, 1.807) is 22.8 Å². The number of esters is 1. The van der Waals surface area contributed by atoms with Gasteiger partial charge in [0.1, 0.15) is 11.1 Å². The predicted octanol–water partition coefficient (Wildman–Crippen LogP) is 2.80. The highest BCUT2D eigenvalue weighted by Gasteiger charge is 2.11. The van der Waals surface area contributed by atoms with Gasteiger partial charge in [-0.3, -0.25) is 9.59 Å². The minimum absolute atomic E-state index is 0.246. The molecule has 0 saturated carbocycles. The summed E-state index contributed by atoms with van der Waals surface area (Å²) in [4.78, 5) is 24.3. The van der Waals surface area contributed by atoms with Crippen LogP contribution in [0, 0.1) is 11.3 Å². The first-order valence-corrected chi connectivity index (χ1v) is 7.90. The molecular weight excluding hydrogens is 308 g/mol. The number of nitrogens with zero attached hydrogens (tertiary/aromatic N) is 1. The van der Waals surface area contributed by atoms with Crippen molar-refractivity contribution < 1.29 is 14.3 Å². The van der Waals surface area contributed by atoms with Crippen molar-refractivity contribution >= 4 is 39.6 Å². The lowest BCUT2D eigenvalue weighted by Gasteiger charge is -2.05. The van der Waals surface area contributed by atoms with Gasteiger partial charge in [-0.05, 0) is 29.3 Å². The largest absolute Gasteiger partial charge is 0.456 e. The SMILES string of the molecule is N#Cc1ccsc1NC(=O)COC(=O)CCc1cccs1. The predicted molar refractivity (Wildman–Crippen MR) is 81.3 cm³/mol. The maximum Gasteiger partial charge on any atom is 0.306 e. The highest BCUT2D eigenvalue weighted by molar-refractivity contribution is 7.14. The van der Waals surface area contributed by atoms with Crippen LogP contribution in [0.2, 0.25) is 0 Å². The summed E-state index contributed by atoms with van der Waals surface area (Å²) in [5, 5.41) is 15.5. The molecule has 0 unspecified atom stereocenters. The maximum absolute atomic E-state index is 11.6. The standard InChI is InChI=1S/C14H12N2O3S2/c15-8-10-5-7-21-14(10)16-12(17)9-19-13(18)4-3-11-2-1-6-20-11/h1-2,5-7H,3-4,9H2,(H,16,17). The summed E-state index contributed by atoms with van der Waals surface area (Å²) in [6, 6.07) is 7.46. The number of rotatable bonds is 6. The number of nitriles is 1. The molecule has 0 atom stereocenters. The third kappa shape index (κ3) is 4.70. The summed E-state index contributed by atoms with van der Waals surface area (Å²) in [7, 11) is 0. The summed E-state index contributed by atoms with van der Waals surface area (Å²) in [6.45, 7) is -0.341. The molecule has 2 aromatic heterocycles. The number of anilines is 1. The molecule has 0 radical (unpaired) electrons. The van der Waals surface area contributed by atoms with Gasteiger partial charge in [0, 0.05) is 4.88 Å². The Labute approximate surface area is 129 Å². The highest BCUT2D eigenvalue weighted by Crippen LogP contribution is 2.21. The van der Waals surface area contributed by atoms with Gasteiger partial charge in [0.25, 0.3) is 5.91 Å². The average Bonchev–Trinajstić information content (AvgIpc) is 3.14. The molecule has 2 heterocycles. The molecule has 1 N–H and O–H groups in total. The topological polar surface area (TPSA) is 79.2 Å². The van der Waals surface area contributed by atoms with Crippen LogP contribution in [0.3, 0.4) is 0 Å². The smallest absolute Gasteiger partial charge is 0.306 e. The van der Waals surface area contributed by atoms with E-state index >= 15 is 0 Å². The lowest BCUT2D eigenvalue weighted by Crippen LogP contribution is -2.20. The van der Waals surface area contributed by atoms with E-state index < -0.39 is 11.9 Å². The number of amides is 1. The Morgan fingerprint density at radius 2 is 2.14 bits per heavy atom. The van der Waals surface area contributed by atoms with Crippen molar-refractivity contribution in [2.45, 2.75) is 12.8 Å². The lowest BCUT2D eigenvalue weighted by atomic mass is 10.3. The van der Waals surface area contributed by atoms with E-state index in [-0.39, 0.29) is 13.0 Å². The van der Waals surface area contributed by atoms with Crippen molar-refractivity contribution in [1.29, 1.82) is 5.26 Å². The molecule has 1 amide bonds. The van der Waals surface area contributed by atoms with Crippen LogP contribution < -0.4 is 5.32 Å². The van der Waals surface area contributed by atoms with Crippen LogP contribution in [0.15, 0.2) is 29.0 Å². The van der Waals surface area contributed by atoms with Crippen LogP contribution in [-0.4, -0.2) is 18.5 Å². The van der Waals surface area contributed by atoms with Gasteiger partial charge in [-0.1, -0.05) is 6.07 Å². The Bertz CT molecular complexity index is 656. The van der Waals surface area contributed by atoms with Crippen LogP contribution in [0.5, 0.6) is 0 Å². The van der Waals surface area contributed by atoms with E-state index in [9.17, 15) is 9.59 Å². The van der Waals surface area contributed by atoms with Gasteiger partial charge in [0.15, 0.2) is 6.61 Å². The first-order valence-electron chi connectivity index (χ1n) is 6.14. The third-order valence-corrected chi connectivity index (χ3v) is 4.32. The molecule has 0 saturated heterocycles. The maximum atomic E-state index is 11.6. The fourth-order valence-corrected chi connectivity index (χ4v) is 3.02. The zero-order valence-electron chi connectivity index (χ0n) is 11.0.